The Balaban J connectivity index is 1.59. The van der Waals surface area contributed by atoms with E-state index in [2.05, 4.69) is 25.1 Å². The van der Waals surface area contributed by atoms with Gasteiger partial charge in [-0.25, -0.2) is 9.37 Å². The molecule has 158 valence electrons. The molecular weight excluding hydrogens is 381 g/mol. The number of aromatic amines is 1. The number of morpholine rings is 1. The number of aryl methyl sites for hydroxylation is 1. The fraction of sp³-hybridized carbons (Fsp3) is 0.435. The number of anilines is 4. The Labute approximate surface area is 176 Å². The molecule has 7 heteroatoms. The summed E-state index contributed by atoms with van der Waals surface area (Å²) < 4.78 is 21.1. The van der Waals surface area contributed by atoms with Gasteiger partial charge in [0.1, 0.15) is 5.52 Å². The highest BCUT2D eigenvalue weighted by atomic mass is 19.1. The second-order valence-corrected chi connectivity index (χ2v) is 8.18. The lowest BCUT2D eigenvalue weighted by molar-refractivity contribution is 0.122. The second kappa shape index (κ2) is 8.14. The molecule has 0 unspecified atom stereocenters. The van der Waals surface area contributed by atoms with Crippen LogP contribution in [0.2, 0.25) is 0 Å². The van der Waals surface area contributed by atoms with Gasteiger partial charge in [0.05, 0.1) is 30.1 Å². The molecule has 5 rings (SSSR count). The minimum absolute atomic E-state index is 0.263. The van der Waals surface area contributed by atoms with Crippen LogP contribution in [0.25, 0.3) is 11.0 Å². The normalized spacial score (nSPS) is 17.5. The Hall–Kier alpha value is -2.80. The van der Waals surface area contributed by atoms with Crippen LogP contribution in [0.15, 0.2) is 30.3 Å². The summed E-state index contributed by atoms with van der Waals surface area (Å²) in [5.41, 5.74) is 4.92. The number of aromatic nitrogens is 2. The van der Waals surface area contributed by atoms with Crippen LogP contribution in [0.1, 0.15) is 24.8 Å². The van der Waals surface area contributed by atoms with Crippen LogP contribution in [0.3, 0.4) is 0 Å². The van der Waals surface area contributed by atoms with E-state index in [0.717, 1.165) is 48.4 Å². The van der Waals surface area contributed by atoms with Crippen molar-refractivity contribution in [3.05, 3.63) is 41.7 Å². The summed E-state index contributed by atoms with van der Waals surface area (Å²) in [5, 5.41) is 3.31. The zero-order chi connectivity index (χ0) is 20.5. The number of halogens is 1. The third-order valence-corrected chi connectivity index (χ3v) is 6.00. The number of nitrogens with one attached hydrogen (secondary N) is 2. The van der Waals surface area contributed by atoms with E-state index in [1.807, 2.05) is 37.3 Å². The number of nitrogens with zero attached hydrogens (tertiary/aromatic N) is 3. The zero-order valence-corrected chi connectivity index (χ0v) is 17.4. The molecule has 0 atom stereocenters. The molecule has 2 aliphatic heterocycles. The molecule has 2 aromatic carbocycles. The summed E-state index contributed by atoms with van der Waals surface area (Å²) in [6.45, 7) is 6.66. The van der Waals surface area contributed by atoms with Crippen molar-refractivity contribution in [3.63, 3.8) is 0 Å². The van der Waals surface area contributed by atoms with Crippen molar-refractivity contribution >= 4 is 34.0 Å². The molecule has 0 bridgehead atoms. The highest BCUT2D eigenvalue weighted by Gasteiger charge is 2.25. The van der Waals surface area contributed by atoms with E-state index in [4.69, 9.17) is 4.74 Å². The topological polar surface area (TPSA) is 56.4 Å². The molecule has 2 saturated heterocycles. The van der Waals surface area contributed by atoms with Crippen molar-refractivity contribution in [2.24, 2.45) is 0 Å². The van der Waals surface area contributed by atoms with Crippen molar-refractivity contribution in [1.29, 1.82) is 0 Å². The van der Waals surface area contributed by atoms with Gasteiger partial charge in [0.15, 0.2) is 5.82 Å². The van der Waals surface area contributed by atoms with Crippen LogP contribution in [0.4, 0.5) is 27.4 Å². The van der Waals surface area contributed by atoms with Gasteiger partial charge in [-0.05, 0) is 49.9 Å². The first-order valence-electron chi connectivity index (χ1n) is 10.8. The van der Waals surface area contributed by atoms with Crippen molar-refractivity contribution in [2.45, 2.75) is 26.2 Å². The van der Waals surface area contributed by atoms with Crippen LogP contribution in [0, 0.1) is 12.7 Å². The van der Waals surface area contributed by atoms with Gasteiger partial charge < -0.3 is 24.8 Å². The number of rotatable bonds is 4. The van der Waals surface area contributed by atoms with Gasteiger partial charge in [-0.15, -0.1) is 0 Å². The van der Waals surface area contributed by atoms with E-state index >= 15 is 4.39 Å². The molecule has 3 aromatic rings. The summed E-state index contributed by atoms with van der Waals surface area (Å²) in [6.07, 6.45) is 3.57. The molecule has 0 saturated carbocycles. The number of hydrogen-bond acceptors (Lipinski definition) is 5. The molecule has 0 spiro atoms. The molecule has 2 fully saturated rings. The average molecular weight is 410 g/mol. The monoisotopic (exact) mass is 409 g/mol. The Morgan fingerprint density at radius 1 is 1.00 bits per heavy atom. The third-order valence-electron chi connectivity index (χ3n) is 6.00. The summed E-state index contributed by atoms with van der Waals surface area (Å²) in [4.78, 5) is 12.4. The summed E-state index contributed by atoms with van der Waals surface area (Å²) in [5.74, 6) is 0.299. The number of fused-ring (bicyclic) bond motifs is 1. The van der Waals surface area contributed by atoms with Gasteiger partial charge in [-0.3, -0.25) is 0 Å². The van der Waals surface area contributed by atoms with E-state index in [-0.39, 0.29) is 5.82 Å². The van der Waals surface area contributed by atoms with E-state index in [9.17, 15) is 0 Å². The van der Waals surface area contributed by atoms with E-state index in [0.29, 0.717) is 43.5 Å². The van der Waals surface area contributed by atoms with Gasteiger partial charge in [0.2, 0.25) is 5.95 Å². The smallest absolute Gasteiger partial charge is 0.205 e. The average Bonchev–Trinajstić information content (AvgIpc) is 3.19. The minimum atomic E-state index is -0.263. The van der Waals surface area contributed by atoms with Crippen LogP contribution < -0.4 is 15.1 Å². The van der Waals surface area contributed by atoms with E-state index in [1.54, 1.807) is 0 Å². The Morgan fingerprint density at radius 3 is 2.53 bits per heavy atom. The maximum Gasteiger partial charge on any atom is 0.205 e. The SMILES string of the molecule is Cc1cccc(Nc2nc3c(F)c(N4CCOCC4)cc(N4CCCCC4)c3[nH]2)c1. The summed E-state index contributed by atoms with van der Waals surface area (Å²) in [6, 6.07) is 10.1. The first-order valence-corrected chi connectivity index (χ1v) is 10.8. The Kier molecular flexibility index (Phi) is 5.21. The van der Waals surface area contributed by atoms with Crippen molar-refractivity contribution in [2.75, 3.05) is 54.5 Å². The maximum atomic E-state index is 15.6. The number of hydrogen-bond donors (Lipinski definition) is 2. The van der Waals surface area contributed by atoms with Gasteiger partial charge in [0.25, 0.3) is 0 Å². The number of H-pyrrole nitrogens is 1. The minimum Gasteiger partial charge on any atom is -0.378 e. The maximum absolute atomic E-state index is 15.6. The van der Waals surface area contributed by atoms with Gasteiger partial charge in [-0.2, -0.15) is 0 Å². The molecule has 0 aliphatic carbocycles. The highest BCUT2D eigenvalue weighted by Crippen LogP contribution is 2.37. The predicted octanol–water partition coefficient (Wildman–Crippen LogP) is 4.58. The molecule has 1 aromatic heterocycles. The number of ether oxygens (including phenoxy) is 1. The van der Waals surface area contributed by atoms with E-state index < -0.39 is 0 Å². The summed E-state index contributed by atoms with van der Waals surface area (Å²) in [7, 11) is 0. The quantitative estimate of drug-likeness (QED) is 0.661. The van der Waals surface area contributed by atoms with Crippen LogP contribution in [0.5, 0.6) is 0 Å². The Bertz CT molecular complexity index is 1040. The predicted molar refractivity (Wildman–Crippen MR) is 120 cm³/mol. The zero-order valence-electron chi connectivity index (χ0n) is 17.4. The van der Waals surface area contributed by atoms with Crippen LogP contribution in [-0.4, -0.2) is 49.4 Å². The van der Waals surface area contributed by atoms with Crippen molar-refractivity contribution < 1.29 is 9.13 Å². The fourth-order valence-electron chi connectivity index (χ4n) is 4.44. The lowest BCUT2D eigenvalue weighted by Gasteiger charge is -2.33. The van der Waals surface area contributed by atoms with Gasteiger partial charge in [-0.1, -0.05) is 12.1 Å². The third kappa shape index (κ3) is 3.69. The molecule has 6 nitrogen and oxygen atoms in total. The van der Waals surface area contributed by atoms with Crippen LogP contribution >= 0.6 is 0 Å². The number of piperidine rings is 1. The van der Waals surface area contributed by atoms with E-state index in [1.165, 1.54) is 6.42 Å². The molecule has 2 N–H and O–H groups in total. The molecule has 2 aliphatic rings. The highest BCUT2D eigenvalue weighted by molar-refractivity contribution is 5.95. The van der Waals surface area contributed by atoms with Gasteiger partial charge in [0, 0.05) is 31.9 Å². The van der Waals surface area contributed by atoms with Crippen LogP contribution in [-0.2, 0) is 4.74 Å². The first-order chi connectivity index (χ1) is 14.7. The van der Waals surface area contributed by atoms with Crippen molar-refractivity contribution in [3.8, 4) is 0 Å². The first kappa shape index (κ1) is 19.2. The largest absolute Gasteiger partial charge is 0.378 e. The second-order valence-electron chi connectivity index (χ2n) is 8.18. The molecule has 3 heterocycles. The van der Waals surface area contributed by atoms with Crippen molar-refractivity contribution in [1.82, 2.24) is 9.97 Å². The molecule has 0 amide bonds. The lowest BCUT2D eigenvalue weighted by Crippen LogP contribution is -2.37. The number of benzene rings is 2. The number of imidazole rings is 1. The van der Waals surface area contributed by atoms with Gasteiger partial charge >= 0.3 is 0 Å². The lowest BCUT2D eigenvalue weighted by atomic mass is 10.1. The standard InChI is InChI=1S/C23H28FN5O/c1-16-6-5-7-17(14-16)25-23-26-21-19(28-8-3-2-4-9-28)15-18(20(24)22(21)27-23)29-10-12-30-13-11-29/h5-7,14-15H,2-4,8-13H2,1H3,(H2,25,26,27). The molecule has 30 heavy (non-hydrogen) atoms. The summed E-state index contributed by atoms with van der Waals surface area (Å²) >= 11 is 0. The molecule has 0 radical (unpaired) electrons. The molecular formula is C23H28FN5O. The Morgan fingerprint density at radius 2 is 1.77 bits per heavy atom. The fourth-order valence-corrected chi connectivity index (χ4v) is 4.44.